The average Bonchev–Trinajstić information content (AvgIpc) is 3.17. The number of nitrogens with two attached hydrogens (primary N) is 1. The minimum absolute atomic E-state index is 0.198. The highest BCUT2D eigenvalue weighted by Gasteiger charge is 2.29. The minimum Gasteiger partial charge on any atom is -0.506 e. The molecular weight excluding hydrogens is 364 g/mol. The Labute approximate surface area is 159 Å². The topological polar surface area (TPSA) is 136 Å². The fourth-order valence-electron chi connectivity index (χ4n) is 2.97. The number of aromatic hydroxyl groups is 1. The lowest BCUT2D eigenvalue weighted by Gasteiger charge is -2.15. The van der Waals surface area contributed by atoms with E-state index in [2.05, 4.69) is 9.72 Å². The number of nitrogens with one attached hydrogen (secondary N) is 1. The zero-order chi connectivity index (χ0) is 20.3. The molecule has 4 N–H and O–H groups in total. The van der Waals surface area contributed by atoms with Gasteiger partial charge in [-0.2, -0.15) is 0 Å². The van der Waals surface area contributed by atoms with Gasteiger partial charge in [-0.05, 0) is 12.1 Å². The smallest absolute Gasteiger partial charge is 0.343 e. The molecule has 0 aliphatic heterocycles. The van der Waals surface area contributed by atoms with E-state index in [1.807, 2.05) is 30.3 Å². The molecule has 1 amide bonds. The van der Waals surface area contributed by atoms with Crippen LogP contribution in [0, 0.1) is 0 Å². The van der Waals surface area contributed by atoms with Gasteiger partial charge in [0.25, 0.3) is 5.56 Å². The highest BCUT2D eigenvalue weighted by molar-refractivity contribution is 5.92. The second kappa shape index (κ2) is 7.83. The number of benzene rings is 1. The molecule has 0 spiro atoms. The lowest BCUT2D eigenvalue weighted by Crippen LogP contribution is -2.23. The van der Waals surface area contributed by atoms with Crippen LogP contribution in [0.1, 0.15) is 34.0 Å². The van der Waals surface area contributed by atoms with Crippen molar-refractivity contribution >= 4 is 11.9 Å². The summed E-state index contributed by atoms with van der Waals surface area (Å²) >= 11 is 0. The molecule has 28 heavy (non-hydrogen) atoms. The standard InChI is InChI=1S/C20H18N2O6/c1-27-20(26)13-10-22-19(25)17(18(13)24)12(9-16(21)23)15-8-7-14(28-15)11-5-3-2-4-6-11/h2-8,10,12H,9H2,1H3,(H2,21,23)(H2,22,24,25). The Morgan fingerprint density at radius 1 is 1.21 bits per heavy atom. The molecule has 2 aromatic heterocycles. The Balaban J connectivity index is 2.12. The van der Waals surface area contributed by atoms with E-state index in [9.17, 15) is 19.5 Å². The van der Waals surface area contributed by atoms with Crippen molar-refractivity contribution in [3.05, 3.63) is 75.9 Å². The summed E-state index contributed by atoms with van der Waals surface area (Å²) < 4.78 is 10.4. The molecule has 8 heteroatoms. The minimum atomic E-state index is -0.983. The number of hydrogen-bond acceptors (Lipinski definition) is 6. The van der Waals surface area contributed by atoms with Gasteiger partial charge in [0.1, 0.15) is 22.8 Å². The second-order valence-corrected chi connectivity index (χ2v) is 6.08. The maximum Gasteiger partial charge on any atom is 0.343 e. The van der Waals surface area contributed by atoms with E-state index in [0.29, 0.717) is 5.76 Å². The van der Waals surface area contributed by atoms with Crippen LogP contribution in [0.5, 0.6) is 5.75 Å². The number of aromatic amines is 1. The van der Waals surface area contributed by atoms with E-state index >= 15 is 0 Å². The Kier molecular flexibility index (Phi) is 5.30. The first kappa shape index (κ1) is 19.0. The van der Waals surface area contributed by atoms with Crippen LogP contribution >= 0.6 is 0 Å². The third kappa shape index (κ3) is 3.66. The molecule has 0 radical (unpaired) electrons. The van der Waals surface area contributed by atoms with Crippen LogP contribution in [-0.2, 0) is 9.53 Å². The summed E-state index contributed by atoms with van der Waals surface area (Å²) in [5, 5.41) is 10.5. The van der Waals surface area contributed by atoms with Gasteiger partial charge in [-0.25, -0.2) is 4.79 Å². The molecule has 0 saturated heterocycles. The van der Waals surface area contributed by atoms with Gasteiger partial charge in [0.15, 0.2) is 0 Å². The van der Waals surface area contributed by atoms with E-state index in [4.69, 9.17) is 10.2 Å². The molecule has 2 heterocycles. The van der Waals surface area contributed by atoms with Crippen LogP contribution in [0.4, 0.5) is 0 Å². The van der Waals surface area contributed by atoms with E-state index in [1.165, 1.54) is 0 Å². The monoisotopic (exact) mass is 382 g/mol. The van der Waals surface area contributed by atoms with Gasteiger partial charge in [-0.1, -0.05) is 30.3 Å². The van der Waals surface area contributed by atoms with E-state index in [-0.39, 0.29) is 23.3 Å². The van der Waals surface area contributed by atoms with Crippen molar-refractivity contribution in [2.24, 2.45) is 5.73 Å². The van der Waals surface area contributed by atoms with Gasteiger partial charge >= 0.3 is 5.97 Å². The predicted molar refractivity (Wildman–Crippen MR) is 99.9 cm³/mol. The van der Waals surface area contributed by atoms with Crippen molar-refractivity contribution in [1.29, 1.82) is 0 Å². The van der Waals surface area contributed by atoms with Gasteiger partial charge in [-0.3, -0.25) is 9.59 Å². The van der Waals surface area contributed by atoms with E-state index in [1.54, 1.807) is 12.1 Å². The molecule has 3 aromatic rings. The third-order valence-corrected chi connectivity index (χ3v) is 4.29. The summed E-state index contributed by atoms with van der Waals surface area (Å²) in [6, 6.07) is 12.5. The third-order valence-electron chi connectivity index (χ3n) is 4.29. The van der Waals surface area contributed by atoms with Crippen LogP contribution in [0.2, 0.25) is 0 Å². The van der Waals surface area contributed by atoms with Crippen LogP contribution in [0.15, 0.2) is 57.9 Å². The molecule has 8 nitrogen and oxygen atoms in total. The Hall–Kier alpha value is -3.81. The number of carbonyl (C=O) groups excluding carboxylic acids is 2. The van der Waals surface area contributed by atoms with Crippen molar-refractivity contribution < 1.29 is 23.8 Å². The highest BCUT2D eigenvalue weighted by atomic mass is 16.5. The van der Waals surface area contributed by atoms with Gasteiger partial charge in [0, 0.05) is 18.2 Å². The molecule has 144 valence electrons. The fraction of sp³-hybridized carbons (Fsp3) is 0.150. The molecule has 1 atom stereocenters. The second-order valence-electron chi connectivity index (χ2n) is 6.08. The number of methoxy groups -OCH3 is 1. The number of amides is 1. The molecule has 1 unspecified atom stereocenters. The van der Waals surface area contributed by atoms with Gasteiger partial charge in [0.2, 0.25) is 5.91 Å². The number of aromatic nitrogens is 1. The normalized spacial score (nSPS) is 11.8. The summed E-state index contributed by atoms with van der Waals surface area (Å²) in [5.41, 5.74) is 5.04. The maximum atomic E-state index is 12.4. The average molecular weight is 382 g/mol. The summed E-state index contributed by atoms with van der Waals surface area (Å²) in [6.45, 7) is 0. The Bertz CT molecular complexity index is 1070. The number of esters is 1. The maximum absolute atomic E-state index is 12.4. The van der Waals surface area contributed by atoms with Crippen molar-refractivity contribution in [1.82, 2.24) is 4.98 Å². The van der Waals surface area contributed by atoms with Crippen molar-refractivity contribution in [2.75, 3.05) is 7.11 Å². The Morgan fingerprint density at radius 3 is 2.57 bits per heavy atom. The SMILES string of the molecule is COC(=O)c1c[nH]c(=O)c(C(CC(N)=O)c2ccc(-c3ccccc3)o2)c1O. The highest BCUT2D eigenvalue weighted by Crippen LogP contribution is 2.36. The Morgan fingerprint density at radius 2 is 1.93 bits per heavy atom. The van der Waals surface area contributed by atoms with E-state index < -0.39 is 29.1 Å². The van der Waals surface area contributed by atoms with Crippen molar-refractivity contribution in [3.8, 4) is 17.1 Å². The number of H-pyrrole nitrogens is 1. The first-order chi connectivity index (χ1) is 13.4. The summed E-state index contributed by atoms with van der Waals surface area (Å²) in [6.07, 6.45) is 0.745. The van der Waals surface area contributed by atoms with Crippen LogP contribution < -0.4 is 11.3 Å². The van der Waals surface area contributed by atoms with Gasteiger partial charge in [-0.15, -0.1) is 0 Å². The fourth-order valence-corrected chi connectivity index (χ4v) is 2.97. The van der Waals surface area contributed by atoms with E-state index in [0.717, 1.165) is 18.9 Å². The number of ether oxygens (including phenoxy) is 1. The van der Waals surface area contributed by atoms with Gasteiger partial charge < -0.3 is 25.0 Å². The zero-order valence-corrected chi connectivity index (χ0v) is 15.0. The van der Waals surface area contributed by atoms with Gasteiger partial charge in [0.05, 0.1) is 18.6 Å². The van der Waals surface area contributed by atoms with Crippen molar-refractivity contribution in [2.45, 2.75) is 12.3 Å². The lowest BCUT2D eigenvalue weighted by molar-refractivity contribution is -0.118. The molecule has 0 aliphatic rings. The van der Waals surface area contributed by atoms with Crippen LogP contribution in [0.3, 0.4) is 0 Å². The van der Waals surface area contributed by atoms with Crippen molar-refractivity contribution in [3.63, 3.8) is 0 Å². The predicted octanol–water partition coefficient (Wildman–Crippen LogP) is 2.13. The number of primary amides is 1. The number of carbonyl (C=O) groups is 2. The lowest BCUT2D eigenvalue weighted by atomic mass is 9.92. The molecule has 1 aromatic carbocycles. The quantitative estimate of drug-likeness (QED) is 0.559. The first-order valence-corrected chi connectivity index (χ1v) is 8.38. The first-order valence-electron chi connectivity index (χ1n) is 8.38. The molecule has 0 fully saturated rings. The van der Waals surface area contributed by atoms with Crippen LogP contribution in [-0.4, -0.2) is 29.1 Å². The summed E-state index contributed by atoms with van der Waals surface area (Å²) in [5.74, 6) is -2.34. The zero-order valence-electron chi connectivity index (χ0n) is 15.0. The number of pyridine rings is 1. The molecule has 0 aliphatic carbocycles. The number of hydrogen-bond donors (Lipinski definition) is 3. The molecule has 0 bridgehead atoms. The largest absolute Gasteiger partial charge is 0.506 e. The molecular formula is C20H18N2O6. The number of furan rings is 1. The number of rotatable bonds is 6. The van der Waals surface area contributed by atoms with Crippen LogP contribution in [0.25, 0.3) is 11.3 Å². The molecule has 3 rings (SSSR count). The molecule has 0 saturated carbocycles. The summed E-state index contributed by atoms with van der Waals surface area (Å²) in [7, 11) is 1.14. The summed E-state index contributed by atoms with van der Waals surface area (Å²) in [4.78, 5) is 38.3.